The average Bonchev–Trinajstić information content (AvgIpc) is 2.37. The Balaban J connectivity index is 1.98. The quantitative estimate of drug-likeness (QED) is 0.814. The predicted molar refractivity (Wildman–Crippen MR) is 69.7 cm³/mol. The highest BCUT2D eigenvalue weighted by atomic mass is 15.2. The third-order valence-electron chi connectivity index (χ3n) is 4.57. The van der Waals surface area contributed by atoms with Crippen molar-refractivity contribution in [3.63, 3.8) is 0 Å². The fourth-order valence-electron chi connectivity index (χ4n) is 3.57. The van der Waals surface area contributed by atoms with Crippen LogP contribution in [-0.4, -0.2) is 37.1 Å². The number of rotatable bonds is 3. The molecule has 0 bridgehead atoms. The van der Waals surface area contributed by atoms with Gasteiger partial charge in [-0.05, 0) is 50.6 Å². The molecule has 2 atom stereocenters. The fraction of sp³-hybridized carbons (Fsp3) is 0.929. The molecule has 2 aliphatic heterocycles. The molecular weight excluding hydrogens is 210 g/mol. The molecule has 17 heavy (non-hydrogen) atoms. The molecule has 1 spiro atoms. The van der Waals surface area contributed by atoms with Crippen molar-refractivity contribution >= 4 is 0 Å². The van der Waals surface area contributed by atoms with Crippen LogP contribution in [0.3, 0.4) is 0 Å². The van der Waals surface area contributed by atoms with Gasteiger partial charge >= 0.3 is 0 Å². The molecular formula is C14H25N3. The molecule has 2 rings (SSSR count). The Hall–Kier alpha value is -0.590. The van der Waals surface area contributed by atoms with Crippen LogP contribution in [-0.2, 0) is 0 Å². The molecule has 0 aromatic rings. The van der Waals surface area contributed by atoms with Crippen LogP contribution in [0, 0.1) is 16.7 Å². The van der Waals surface area contributed by atoms with E-state index in [-0.39, 0.29) is 0 Å². The molecule has 0 aliphatic carbocycles. The summed E-state index contributed by atoms with van der Waals surface area (Å²) in [6.45, 7) is 6.99. The van der Waals surface area contributed by atoms with Gasteiger partial charge in [0.2, 0.25) is 0 Å². The van der Waals surface area contributed by atoms with E-state index in [1.54, 1.807) is 0 Å². The van der Waals surface area contributed by atoms with Crippen LogP contribution in [0.1, 0.15) is 45.4 Å². The summed E-state index contributed by atoms with van der Waals surface area (Å²) in [5, 5.41) is 12.5. The lowest BCUT2D eigenvalue weighted by Crippen LogP contribution is -2.53. The van der Waals surface area contributed by atoms with E-state index in [2.05, 4.69) is 23.2 Å². The van der Waals surface area contributed by atoms with Crippen LogP contribution < -0.4 is 5.32 Å². The van der Waals surface area contributed by atoms with Crippen molar-refractivity contribution in [2.45, 2.75) is 51.5 Å². The molecule has 96 valence electrons. The lowest BCUT2D eigenvalue weighted by Gasteiger charge is -2.47. The predicted octanol–water partition coefficient (Wildman–Crippen LogP) is 2.14. The lowest BCUT2D eigenvalue weighted by molar-refractivity contribution is 0.0373. The maximum absolute atomic E-state index is 8.91. The number of nitriles is 1. The van der Waals surface area contributed by atoms with E-state index >= 15 is 0 Å². The van der Waals surface area contributed by atoms with Crippen LogP contribution in [0.5, 0.6) is 0 Å². The minimum absolute atomic E-state index is 0.485. The van der Waals surface area contributed by atoms with Crippen LogP contribution >= 0.6 is 0 Å². The van der Waals surface area contributed by atoms with Gasteiger partial charge < -0.3 is 5.32 Å². The SMILES string of the molecule is CCC(CC#N)N1CCCC2(CCCNC2)C1. The van der Waals surface area contributed by atoms with E-state index in [0.29, 0.717) is 17.9 Å². The molecule has 3 nitrogen and oxygen atoms in total. The second kappa shape index (κ2) is 5.84. The lowest BCUT2D eigenvalue weighted by atomic mass is 9.74. The van der Waals surface area contributed by atoms with Crippen molar-refractivity contribution in [1.82, 2.24) is 10.2 Å². The average molecular weight is 235 g/mol. The van der Waals surface area contributed by atoms with E-state index in [0.717, 1.165) is 6.42 Å². The number of hydrogen-bond acceptors (Lipinski definition) is 3. The Morgan fingerprint density at radius 1 is 1.41 bits per heavy atom. The second-order valence-electron chi connectivity index (χ2n) is 5.78. The first-order valence-electron chi connectivity index (χ1n) is 7.11. The smallest absolute Gasteiger partial charge is 0.0638 e. The molecule has 1 N–H and O–H groups in total. The van der Waals surface area contributed by atoms with Crippen molar-refractivity contribution in [1.29, 1.82) is 5.26 Å². The Morgan fingerprint density at radius 3 is 2.88 bits per heavy atom. The summed E-state index contributed by atoms with van der Waals surface area (Å²) in [6.07, 6.45) is 7.18. The normalized spacial score (nSPS) is 32.2. The van der Waals surface area contributed by atoms with Gasteiger partial charge in [0.15, 0.2) is 0 Å². The van der Waals surface area contributed by atoms with Gasteiger partial charge in [-0.2, -0.15) is 5.26 Å². The standard InChI is InChI=1S/C14H25N3/c1-2-13(5-8-15)17-10-4-7-14(12-17)6-3-9-16-11-14/h13,16H,2-7,9-12H2,1H3. The molecule has 0 aromatic carbocycles. The minimum Gasteiger partial charge on any atom is -0.316 e. The summed E-state index contributed by atoms with van der Waals surface area (Å²) in [7, 11) is 0. The highest BCUT2D eigenvalue weighted by molar-refractivity contribution is 4.94. The molecule has 2 fully saturated rings. The Labute approximate surface area is 105 Å². The molecule has 2 unspecified atom stereocenters. The van der Waals surface area contributed by atoms with Gasteiger partial charge in [0.05, 0.1) is 12.5 Å². The molecule has 3 heteroatoms. The summed E-state index contributed by atoms with van der Waals surface area (Å²) in [5.74, 6) is 0. The number of piperidine rings is 2. The molecule has 0 saturated carbocycles. The molecule has 2 aliphatic rings. The molecule has 0 aromatic heterocycles. The van der Waals surface area contributed by atoms with Crippen molar-refractivity contribution < 1.29 is 0 Å². The number of hydrogen-bond donors (Lipinski definition) is 1. The zero-order chi connectivity index (χ0) is 12.1. The first-order valence-corrected chi connectivity index (χ1v) is 7.11. The van der Waals surface area contributed by atoms with Gasteiger partial charge in [-0.1, -0.05) is 6.92 Å². The Bertz CT molecular complexity index is 270. The Kier molecular flexibility index (Phi) is 4.42. The zero-order valence-corrected chi connectivity index (χ0v) is 11.0. The summed E-state index contributed by atoms with van der Waals surface area (Å²) in [6, 6.07) is 2.84. The van der Waals surface area contributed by atoms with Crippen LogP contribution in [0.25, 0.3) is 0 Å². The summed E-state index contributed by atoms with van der Waals surface area (Å²) in [5.41, 5.74) is 0.513. The largest absolute Gasteiger partial charge is 0.316 e. The van der Waals surface area contributed by atoms with Gasteiger partial charge in [0, 0.05) is 19.1 Å². The monoisotopic (exact) mass is 235 g/mol. The zero-order valence-electron chi connectivity index (χ0n) is 11.0. The first-order chi connectivity index (χ1) is 8.29. The fourth-order valence-corrected chi connectivity index (χ4v) is 3.57. The third kappa shape index (κ3) is 3.00. The van der Waals surface area contributed by atoms with E-state index < -0.39 is 0 Å². The van der Waals surface area contributed by atoms with Gasteiger partial charge in [0.1, 0.15) is 0 Å². The van der Waals surface area contributed by atoms with Gasteiger partial charge in [-0.25, -0.2) is 0 Å². The van der Waals surface area contributed by atoms with Gasteiger partial charge in [0.25, 0.3) is 0 Å². The summed E-state index contributed by atoms with van der Waals surface area (Å²) in [4.78, 5) is 2.58. The van der Waals surface area contributed by atoms with Crippen LogP contribution in [0.2, 0.25) is 0 Å². The highest BCUT2D eigenvalue weighted by Gasteiger charge is 2.37. The molecule has 0 amide bonds. The van der Waals surface area contributed by atoms with Gasteiger partial charge in [-0.15, -0.1) is 0 Å². The van der Waals surface area contributed by atoms with Crippen molar-refractivity contribution in [2.75, 3.05) is 26.2 Å². The van der Waals surface area contributed by atoms with Crippen molar-refractivity contribution in [2.24, 2.45) is 5.41 Å². The number of nitrogens with one attached hydrogen (secondary N) is 1. The molecule has 0 radical (unpaired) electrons. The maximum atomic E-state index is 8.91. The van der Waals surface area contributed by atoms with E-state index in [4.69, 9.17) is 5.26 Å². The first kappa shape index (κ1) is 12.9. The van der Waals surface area contributed by atoms with Gasteiger partial charge in [-0.3, -0.25) is 4.90 Å². The minimum atomic E-state index is 0.485. The molecule has 2 heterocycles. The second-order valence-corrected chi connectivity index (χ2v) is 5.78. The topological polar surface area (TPSA) is 39.1 Å². The summed E-state index contributed by atoms with van der Waals surface area (Å²) < 4.78 is 0. The third-order valence-corrected chi connectivity index (χ3v) is 4.57. The maximum Gasteiger partial charge on any atom is 0.0638 e. The Morgan fingerprint density at radius 2 is 2.24 bits per heavy atom. The molecule has 2 saturated heterocycles. The van der Waals surface area contributed by atoms with Crippen LogP contribution in [0.4, 0.5) is 0 Å². The van der Waals surface area contributed by atoms with E-state index in [1.807, 2.05) is 0 Å². The number of nitrogens with zero attached hydrogens (tertiary/aromatic N) is 2. The number of likely N-dealkylation sites (tertiary alicyclic amines) is 1. The van der Waals surface area contributed by atoms with E-state index in [1.165, 1.54) is 51.9 Å². The van der Waals surface area contributed by atoms with Crippen molar-refractivity contribution in [3.8, 4) is 6.07 Å². The van der Waals surface area contributed by atoms with E-state index in [9.17, 15) is 0 Å². The summed E-state index contributed by atoms with van der Waals surface area (Å²) >= 11 is 0. The van der Waals surface area contributed by atoms with Crippen LogP contribution in [0.15, 0.2) is 0 Å². The van der Waals surface area contributed by atoms with Crippen molar-refractivity contribution in [3.05, 3.63) is 0 Å². The highest BCUT2D eigenvalue weighted by Crippen LogP contribution is 2.37.